The molecule has 0 spiro atoms. The molecule has 0 radical (unpaired) electrons. The molecule has 2 heteroatoms. The SMILES string of the molecule is CCCOC(C)(C)CCOC(C)(C)C(C)C. The highest BCUT2D eigenvalue weighted by Gasteiger charge is 2.25. The monoisotopic (exact) mass is 230 g/mol. The average Bonchev–Trinajstić information content (AvgIpc) is 2.14. The fraction of sp³-hybridized carbons (Fsp3) is 1.00. The summed E-state index contributed by atoms with van der Waals surface area (Å²) in [6.07, 6.45) is 2.02. The molecule has 98 valence electrons. The molecule has 16 heavy (non-hydrogen) atoms. The third kappa shape index (κ3) is 6.49. The van der Waals surface area contributed by atoms with E-state index in [4.69, 9.17) is 9.47 Å². The van der Waals surface area contributed by atoms with Gasteiger partial charge in [0.2, 0.25) is 0 Å². The van der Waals surface area contributed by atoms with Crippen molar-refractivity contribution >= 4 is 0 Å². The van der Waals surface area contributed by atoms with Crippen molar-refractivity contribution in [2.45, 2.75) is 72.5 Å². The van der Waals surface area contributed by atoms with Crippen molar-refractivity contribution in [3.63, 3.8) is 0 Å². The van der Waals surface area contributed by atoms with Gasteiger partial charge in [-0.15, -0.1) is 0 Å². The number of ether oxygens (including phenoxy) is 2. The quantitative estimate of drug-likeness (QED) is 0.626. The van der Waals surface area contributed by atoms with Crippen LogP contribution in [-0.2, 0) is 9.47 Å². The Morgan fingerprint density at radius 3 is 1.94 bits per heavy atom. The molecule has 0 aliphatic heterocycles. The van der Waals surface area contributed by atoms with E-state index in [1.807, 2.05) is 0 Å². The Hall–Kier alpha value is -0.0800. The zero-order chi connectivity index (χ0) is 12.8. The third-order valence-electron chi connectivity index (χ3n) is 3.27. The maximum atomic E-state index is 5.93. The summed E-state index contributed by atoms with van der Waals surface area (Å²) < 4.78 is 11.7. The van der Waals surface area contributed by atoms with Crippen LogP contribution in [0.2, 0.25) is 0 Å². The minimum Gasteiger partial charge on any atom is -0.375 e. The van der Waals surface area contributed by atoms with Crippen LogP contribution >= 0.6 is 0 Å². The number of hydrogen-bond acceptors (Lipinski definition) is 2. The molecule has 0 saturated carbocycles. The van der Waals surface area contributed by atoms with Gasteiger partial charge >= 0.3 is 0 Å². The standard InChI is InChI=1S/C14H30O2/c1-8-10-15-13(4,5)9-11-16-14(6,7)12(2)3/h12H,8-11H2,1-7H3. The third-order valence-corrected chi connectivity index (χ3v) is 3.27. The maximum absolute atomic E-state index is 5.93. The highest BCUT2D eigenvalue weighted by Crippen LogP contribution is 2.22. The molecule has 0 saturated heterocycles. The smallest absolute Gasteiger partial charge is 0.0649 e. The second kappa shape index (κ2) is 6.61. The normalized spacial score (nSPS) is 13.5. The Kier molecular flexibility index (Phi) is 6.57. The number of rotatable bonds is 8. The summed E-state index contributed by atoms with van der Waals surface area (Å²) in [5, 5.41) is 0. The van der Waals surface area contributed by atoms with Gasteiger partial charge in [0.05, 0.1) is 17.8 Å². The molecule has 0 rings (SSSR count). The first-order valence-electron chi connectivity index (χ1n) is 6.49. The lowest BCUT2D eigenvalue weighted by atomic mass is 9.94. The lowest BCUT2D eigenvalue weighted by Gasteiger charge is -2.32. The van der Waals surface area contributed by atoms with Gasteiger partial charge in [-0.2, -0.15) is 0 Å². The van der Waals surface area contributed by atoms with Gasteiger partial charge in [0.15, 0.2) is 0 Å². The van der Waals surface area contributed by atoms with E-state index in [0.717, 1.165) is 26.1 Å². The van der Waals surface area contributed by atoms with Gasteiger partial charge in [0.1, 0.15) is 0 Å². The molecule has 0 aliphatic rings. The van der Waals surface area contributed by atoms with E-state index in [2.05, 4.69) is 48.5 Å². The number of hydrogen-bond donors (Lipinski definition) is 0. The van der Waals surface area contributed by atoms with Crippen LogP contribution in [0, 0.1) is 5.92 Å². The fourth-order valence-corrected chi connectivity index (χ4v) is 1.18. The molecule has 0 amide bonds. The van der Waals surface area contributed by atoms with E-state index in [1.165, 1.54) is 0 Å². The summed E-state index contributed by atoms with van der Waals surface area (Å²) in [5.74, 6) is 0.534. The second-order valence-corrected chi connectivity index (χ2v) is 5.96. The van der Waals surface area contributed by atoms with E-state index in [0.29, 0.717) is 5.92 Å². The van der Waals surface area contributed by atoms with Gasteiger partial charge in [0, 0.05) is 6.61 Å². The van der Waals surface area contributed by atoms with E-state index >= 15 is 0 Å². The van der Waals surface area contributed by atoms with Crippen molar-refractivity contribution in [1.82, 2.24) is 0 Å². The first-order valence-corrected chi connectivity index (χ1v) is 6.49. The van der Waals surface area contributed by atoms with E-state index in [9.17, 15) is 0 Å². The maximum Gasteiger partial charge on any atom is 0.0649 e. The van der Waals surface area contributed by atoms with Crippen molar-refractivity contribution in [3.05, 3.63) is 0 Å². The van der Waals surface area contributed by atoms with Crippen LogP contribution in [0.1, 0.15) is 61.3 Å². The van der Waals surface area contributed by atoms with Crippen LogP contribution in [0.5, 0.6) is 0 Å². The van der Waals surface area contributed by atoms with Crippen molar-refractivity contribution in [3.8, 4) is 0 Å². The van der Waals surface area contributed by atoms with Gasteiger partial charge in [0.25, 0.3) is 0 Å². The fourth-order valence-electron chi connectivity index (χ4n) is 1.18. The molecule has 0 bridgehead atoms. The van der Waals surface area contributed by atoms with E-state index in [-0.39, 0.29) is 11.2 Å². The molecule has 0 aromatic heterocycles. The summed E-state index contributed by atoms with van der Waals surface area (Å²) in [6.45, 7) is 16.7. The van der Waals surface area contributed by atoms with Crippen LogP contribution in [0.4, 0.5) is 0 Å². The Morgan fingerprint density at radius 2 is 1.50 bits per heavy atom. The molecule has 0 atom stereocenters. The van der Waals surface area contributed by atoms with Crippen LogP contribution in [0.25, 0.3) is 0 Å². The zero-order valence-electron chi connectivity index (χ0n) is 12.2. The van der Waals surface area contributed by atoms with Gasteiger partial charge in [-0.3, -0.25) is 0 Å². The second-order valence-electron chi connectivity index (χ2n) is 5.96. The van der Waals surface area contributed by atoms with Gasteiger partial charge in [-0.05, 0) is 46.5 Å². The summed E-state index contributed by atoms with van der Waals surface area (Å²) in [4.78, 5) is 0. The van der Waals surface area contributed by atoms with Crippen LogP contribution in [-0.4, -0.2) is 24.4 Å². The minimum atomic E-state index is -0.0664. The summed E-state index contributed by atoms with van der Waals surface area (Å²) in [6, 6.07) is 0. The van der Waals surface area contributed by atoms with Crippen molar-refractivity contribution in [2.75, 3.05) is 13.2 Å². The first-order chi connectivity index (χ1) is 7.21. The summed E-state index contributed by atoms with van der Waals surface area (Å²) in [7, 11) is 0. The topological polar surface area (TPSA) is 18.5 Å². The summed E-state index contributed by atoms with van der Waals surface area (Å²) in [5.41, 5.74) is -0.107. The Balaban J connectivity index is 3.88. The first kappa shape index (κ1) is 15.9. The molecular weight excluding hydrogens is 200 g/mol. The van der Waals surface area contributed by atoms with Gasteiger partial charge in [-0.25, -0.2) is 0 Å². The molecule has 0 heterocycles. The largest absolute Gasteiger partial charge is 0.375 e. The molecule has 0 N–H and O–H groups in total. The predicted molar refractivity (Wildman–Crippen MR) is 69.8 cm³/mol. The Morgan fingerprint density at radius 1 is 0.938 bits per heavy atom. The zero-order valence-corrected chi connectivity index (χ0v) is 12.2. The molecular formula is C14H30O2. The Labute approximate surface area is 102 Å². The van der Waals surface area contributed by atoms with E-state index < -0.39 is 0 Å². The van der Waals surface area contributed by atoms with Crippen molar-refractivity contribution in [2.24, 2.45) is 5.92 Å². The average molecular weight is 230 g/mol. The molecule has 0 unspecified atom stereocenters. The van der Waals surface area contributed by atoms with E-state index in [1.54, 1.807) is 0 Å². The lowest BCUT2D eigenvalue weighted by Crippen LogP contribution is -2.34. The molecule has 2 nitrogen and oxygen atoms in total. The van der Waals surface area contributed by atoms with Crippen molar-refractivity contribution in [1.29, 1.82) is 0 Å². The van der Waals surface area contributed by atoms with Crippen LogP contribution in [0.3, 0.4) is 0 Å². The predicted octanol–water partition coefficient (Wildman–Crippen LogP) is 4.03. The highest BCUT2D eigenvalue weighted by atomic mass is 16.5. The van der Waals surface area contributed by atoms with Crippen LogP contribution in [0.15, 0.2) is 0 Å². The van der Waals surface area contributed by atoms with Gasteiger partial charge < -0.3 is 9.47 Å². The molecule has 0 aliphatic carbocycles. The molecule has 0 aromatic rings. The van der Waals surface area contributed by atoms with Crippen LogP contribution < -0.4 is 0 Å². The Bertz CT molecular complexity index is 183. The lowest BCUT2D eigenvalue weighted by molar-refractivity contribution is -0.0872. The minimum absolute atomic E-state index is 0.0408. The van der Waals surface area contributed by atoms with Crippen molar-refractivity contribution < 1.29 is 9.47 Å². The molecule has 0 aromatic carbocycles. The highest BCUT2D eigenvalue weighted by molar-refractivity contribution is 4.74. The summed E-state index contributed by atoms with van der Waals surface area (Å²) >= 11 is 0. The van der Waals surface area contributed by atoms with Gasteiger partial charge in [-0.1, -0.05) is 20.8 Å². The molecule has 0 fully saturated rings.